The number of pyridine rings is 1. The van der Waals surface area contributed by atoms with Crippen LogP contribution < -0.4 is 10.6 Å². The molecule has 0 aliphatic heterocycles. The molecule has 10 heteroatoms. The van der Waals surface area contributed by atoms with E-state index in [4.69, 9.17) is 4.52 Å². The Balaban J connectivity index is 1.82. The highest BCUT2D eigenvalue weighted by molar-refractivity contribution is 7.98. The Bertz CT molecular complexity index is 1070. The van der Waals surface area contributed by atoms with Gasteiger partial charge < -0.3 is 15.2 Å². The Kier molecular flexibility index (Phi) is 6.78. The summed E-state index contributed by atoms with van der Waals surface area (Å²) in [5, 5.41) is 9.30. The second-order valence-electron chi connectivity index (χ2n) is 6.27. The van der Waals surface area contributed by atoms with Gasteiger partial charge in [-0.15, -0.1) is 0 Å². The normalized spacial score (nSPS) is 11.7. The van der Waals surface area contributed by atoms with Crippen LogP contribution in [0.25, 0.3) is 0 Å². The highest BCUT2D eigenvalue weighted by atomic mass is 32.2. The number of carbonyl (C=O) groups is 2. The lowest BCUT2D eigenvalue weighted by Gasteiger charge is -2.18. The number of nitrogens with one attached hydrogen (secondary N) is 2. The summed E-state index contributed by atoms with van der Waals surface area (Å²) in [4.78, 5) is 29.4. The van der Waals surface area contributed by atoms with Gasteiger partial charge in [0, 0.05) is 25.1 Å². The molecule has 7 nitrogen and oxygen atoms in total. The van der Waals surface area contributed by atoms with Crippen molar-refractivity contribution < 1.29 is 22.9 Å². The van der Waals surface area contributed by atoms with Gasteiger partial charge in [-0.2, -0.15) is 0 Å². The quantitative estimate of drug-likeness (QED) is 0.557. The molecule has 0 radical (unpaired) electrons. The van der Waals surface area contributed by atoms with Crippen molar-refractivity contribution in [1.82, 2.24) is 20.8 Å². The summed E-state index contributed by atoms with van der Waals surface area (Å²) in [6, 6.07) is 6.73. The Morgan fingerprint density at radius 3 is 2.67 bits per heavy atom. The first-order valence-electron chi connectivity index (χ1n) is 8.86. The number of thioether (sulfide) groups is 1. The third-order valence-corrected chi connectivity index (χ3v) is 5.15. The van der Waals surface area contributed by atoms with E-state index in [-0.39, 0.29) is 11.1 Å². The summed E-state index contributed by atoms with van der Waals surface area (Å²) in [7, 11) is 1.38. The summed E-state index contributed by atoms with van der Waals surface area (Å²) in [5.74, 6) is -2.22. The number of aryl methyl sites for hydroxylation is 1. The maximum Gasteiger partial charge on any atom is 0.254 e. The minimum atomic E-state index is -1.21. The third-order valence-electron chi connectivity index (χ3n) is 4.11. The van der Waals surface area contributed by atoms with Crippen LogP contribution in [0.5, 0.6) is 0 Å². The number of benzene rings is 1. The Morgan fingerprint density at radius 1 is 1.20 bits per heavy atom. The molecular weight excluding hydrogens is 414 g/mol. The number of carbonyl (C=O) groups excluding carboxylic acids is 2. The van der Waals surface area contributed by atoms with Gasteiger partial charge in [-0.1, -0.05) is 23.0 Å². The van der Waals surface area contributed by atoms with Gasteiger partial charge in [-0.05, 0) is 36.8 Å². The summed E-state index contributed by atoms with van der Waals surface area (Å²) >= 11 is 1.28. The van der Waals surface area contributed by atoms with Crippen molar-refractivity contribution in [2.75, 3.05) is 7.05 Å². The van der Waals surface area contributed by atoms with Crippen molar-refractivity contribution in [3.63, 3.8) is 0 Å². The van der Waals surface area contributed by atoms with Crippen molar-refractivity contribution in [1.29, 1.82) is 0 Å². The van der Waals surface area contributed by atoms with E-state index in [9.17, 15) is 18.4 Å². The Labute approximate surface area is 175 Å². The molecule has 0 fully saturated rings. The highest BCUT2D eigenvalue weighted by Gasteiger charge is 2.25. The van der Waals surface area contributed by atoms with E-state index < -0.39 is 29.5 Å². The maximum absolute atomic E-state index is 13.6. The minimum Gasteiger partial charge on any atom is -0.361 e. The molecule has 156 valence electrons. The molecule has 0 bridgehead atoms. The lowest BCUT2D eigenvalue weighted by Crippen LogP contribution is -2.39. The van der Waals surface area contributed by atoms with Gasteiger partial charge in [0.25, 0.3) is 5.91 Å². The van der Waals surface area contributed by atoms with Crippen LogP contribution in [-0.2, 0) is 10.5 Å². The molecule has 0 saturated heterocycles. The van der Waals surface area contributed by atoms with Crippen LogP contribution in [0.3, 0.4) is 0 Å². The van der Waals surface area contributed by atoms with Gasteiger partial charge in [0.15, 0.2) is 11.6 Å². The zero-order chi connectivity index (χ0) is 21.7. The smallest absolute Gasteiger partial charge is 0.254 e. The number of hydrogen-bond donors (Lipinski definition) is 2. The van der Waals surface area contributed by atoms with Crippen LogP contribution in [-0.4, -0.2) is 29.0 Å². The lowest BCUT2D eigenvalue weighted by molar-refractivity contribution is -0.122. The van der Waals surface area contributed by atoms with Crippen molar-refractivity contribution >= 4 is 23.6 Å². The molecule has 2 aromatic heterocycles. The average Bonchev–Trinajstić information content (AvgIpc) is 3.17. The van der Waals surface area contributed by atoms with Crippen LogP contribution in [0, 0.1) is 18.6 Å². The SMILES string of the molecule is CNC(=O)C(NC(=O)c1cccnc1SCc1cc(C)on1)c1ccc(F)c(F)c1. The van der Waals surface area contributed by atoms with E-state index in [1.807, 2.05) is 0 Å². The topological polar surface area (TPSA) is 97.1 Å². The monoisotopic (exact) mass is 432 g/mol. The number of amides is 2. The molecule has 3 aromatic rings. The average molecular weight is 432 g/mol. The lowest BCUT2D eigenvalue weighted by atomic mass is 10.1. The predicted octanol–water partition coefficient (Wildman–Crippen LogP) is 3.17. The first-order valence-corrected chi connectivity index (χ1v) is 9.85. The second-order valence-corrected chi connectivity index (χ2v) is 7.23. The Morgan fingerprint density at radius 2 is 2.00 bits per heavy atom. The Hall–Kier alpha value is -3.27. The number of nitrogens with zero attached hydrogens (tertiary/aromatic N) is 2. The van der Waals surface area contributed by atoms with Gasteiger partial charge in [-0.25, -0.2) is 13.8 Å². The molecular formula is C20H18F2N4O3S. The van der Waals surface area contributed by atoms with Gasteiger partial charge in [0.1, 0.15) is 16.8 Å². The molecule has 1 atom stereocenters. The first-order chi connectivity index (χ1) is 14.4. The number of likely N-dealkylation sites (N-methyl/N-ethyl adjacent to an activating group) is 1. The van der Waals surface area contributed by atoms with Crippen LogP contribution >= 0.6 is 11.8 Å². The molecule has 0 spiro atoms. The summed E-state index contributed by atoms with van der Waals surface area (Å²) in [6.45, 7) is 1.78. The largest absolute Gasteiger partial charge is 0.361 e. The van der Waals surface area contributed by atoms with Gasteiger partial charge in [-0.3, -0.25) is 9.59 Å². The van der Waals surface area contributed by atoms with E-state index >= 15 is 0 Å². The second kappa shape index (κ2) is 9.49. The van der Waals surface area contributed by atoms with Crippen LogP contribution in [0.1, 0.15) is 33.4 Å². The number of hydrogen-bond acceptors (Lipinski definition) is 6. The third kappa shape index (κ3) is 5.01. The van der Waals surface area contributed by atoms with Gasteiger partial charge in [0.2, 0.25) is 5.91 Å². The fourth-order valence-corrected chi connectivity index (χ4v) is 3.52. The molecule has 30 heavy (non-hydrogen) atoms. The molecule has 1 unspecified atom stereocenters. The van der Waals surface area contributed by atoms with Crippen LogP contribution in [0.2, 0.25) is 0 Å². The van der Waals surface area contributed by atoms with E-state index in [0.29, 0.717) is 22.2 Å². The first kappa shape index (κ1) is 21.4. The fraction of sp³-hybridized carbons (Fsp3) is 0.200. The zero-order valence-electron chi connectivity index (χ0n) is 16.1. The number of aromatic nitrogens is 2. The molecule has 3 rings (SSSR count). The van der Waals surface area contributed by atoms with Crippen LogP contribution in [0.4, 0.5) is 8.78 Å². The highest BCUT2D eigenvalue weighted by Crippen LogP contribution is 2.25. The molecule has 2 heterocycles. The summed E-state index contributed by atoms with van der Waals surface area (Å²) in [5.41, 5.74) is 1.04. The fourth-order valence-electron chi connectivity index (χ4n) is 2.65. The molecule has 2 N–H and O–H groups in total. The van der Waals surface area contributed by atoms with E-state index in [2.05, 4.69) is 20.8 Å². The molecule has 0 saturated carbocycles. The summed E-state index contributed by atoms with van der Waals surface area (Å²) in [6.07, 6.45) is 1.54. The van der Waals surface area contributed by atoms with E-state index in [1.54, 1.807) is 31.3 Å². The maximum atomic E-state index is 13.6. The van der Waals surface area contributed by atoms with E-state index in [0.717, 1.165) is 12.1 Å². The zero-order valence-corrected chi connectivity index (χ0v) is 16.9. The number of halogens is 2. The molecule has 2 amide bonds. The summed E-state index contributed by atoms with van der Waals surface area (Å²) < 4.78 is 31.9. The van der Waals surface area contributed by atoms with Crippen molar-refractivity contribution in [2.24, 2.45) is 0 Å². The van der Waals surface area contributed by atoms with Gasteiger partial charge in [0.05, 0.1) is 11.3 Å². The van der Waals surface area contributed by atoms with Gasteiger partial charge >= 0.3 is 0 Å². The molecule has 1 aromatic carbocycles. The molecule has 0 aliphatic rings. The van der Waals surface area contributed by atoms with Crippen molar-refractivity contribution in [2.45, 2.75) is 23.7 Å². The number of rotatable bonds is 7. The van der Waals surface area contributed by atoms with Crippen molar-refractivity contribution in [3.05, 3.63) is 76.8 Å². The molecule has 0 aliphatic carbocycles. The van der Waals surface area contributed by atoms with E-state index in [1.165, 1.54) is 24.9 Å². The van der Waals surface area contributed by atoms with Crippen LogP contribution in [0.15, 0.2) is 52.1 Å². The standard InChI is InChI=1S/C20H18F2N4O3S/c1-11-8-13(26-29-11)10-30-20-14(4-3-7-24-20)18(27)25-17(19(28)23-2)12-5-6-15(21)16(22)9-12/h3-9,17H,10H2,1-2H3,(H,23,28)(H,25,27). The predicted molar refractivity (Wildman–Crippen MR) is 106 cm³/mol. The van der Waals surface area contributed by atoms with Crippen molar-refractivity contribution in [3.8, 4) is 0 Å². The minimum absolute atomic E-state index is 0.109.